The summed E-state index contributed by atoms with van der Waals surface area (Å²) in [7, 11) is 1.65. The number of aryl methyl sites for hydroxylation is 1. The zero-order valence-electron chi connectivity index (χ0n) is 13.8. The van der Waals surface area contributed by atoms with Crippen molar-refractivity contribution in [3.8, 4) is 11.5 Å². The quantitative estimate of drug-likeness (QED) is 0.698. The molecule has 0 radical (unpaired) electrons. The maximum Gasteiger partial charge on any atom is 0.166 e. The maximum absolute atomic E-state index is 8.85. The van der Waals surface area contributed by atoms with Crippen LogP contribution in [0.2, 0.25) is 0 Å². The Labute approximate surface area is 138 Å². The van der Waals surface area contributed by atoms with Crippen molar-refractivity contribution in [2.75, 3.05) is 20.3 Å². The van der Waals surface area contributed by atoms with E-state index in [0.717, 1.165) is 35.6 Å². The van der Waals surface area contributed by atoms with E-state index < -0.39 is 0 Å². The van der Waals surface area contributed by atoms with E-state index in [2.05, 4.69) is 30.4 Å². The van der Waals surface area contributed by atoms with Gasteiger partial charge in [0.1, 0.15) is 6.61 Å². The van der Waals surface area contributed by atoms with Crippen LogP contribution in [0.1, 0.15) is 23.1 Å². The first-order chi connectivity index (χ1) is 11.2. The molecule has 0 fully saturated rings. The molecule has 0 heterocycles. The van der Waals surface area contributed by atoms with Crippen molar-refractivity contribution in [2.24, 2.45) is 0 Å². The van der Waals surface area contributed by atoms with Gasteiger partial charge in [-0.2, -0.15) is 0 Å². The lowest BCUT2D eigenvalue weighted by Crippen LogP contribution is -2.16. The number of hydrogen-bond acceptors (Lipinski definition) is 4. The Hall–Kier alpha value is -2.04. The topological polar surface area (TPSA) is 50.7 Å². The molecule has 4 nitrogen and oxygen atoms in total. The van der Waals surface area contributed by atoms with Gasteiger partial charge in [0.15, 0.2) is 11.5 Å². The molecule has 2 rings (SSSR count). The lowest BCUT2D eigenvalue weighted by molar-refractivity contribution is 0.278. The number of nitrogens with one attached hydrogen (secondary N) is 1. The van der Waals surface area contributed by atoms with Crippen LogP contribution < -0.4 is 14.8 Å². The molecule has 23 heavy (non-hydrogen) atoms. The maximum atomic E-state index is 8.85. The van der Waals surface area contributed by atoms with E-state index in [1.165, 1.54) is 5.56 Å². The second-order valence-corrected chi connectivity index (χ2v) is 5.48. The average Bonchev–Trinajstić information content (AvgIpc) is 2.57. The molecule has 0 unspecified atom stereocenters. The smallest absolute Gasteiger partial charge is 0.166 e. The van der Waals surface area contributed by atoms with E-state index in [0.29, 0.717) is 13.2 Å². The molecule has 0 amide bonds. The van der Waals surface area contributed by atoms with E-state index in [1.54, 1.807) is 7.11 Å². The zero-order chi connectivity index (χ0) is 16.5. The fraction of sp³-hybridized carbons (Fsp3) is 0.368. The normalized spacial score (nSPS) is 10.6. The highest BCUT2D eigenvalue weighted by atomic mass is 16.5. The van der Waals surface area contributed by atoms with Crippen LogP contribution in [-0.2, 0) is 13.2 Å². The number of benzene rings is 2. The number of hydrogen-bond donors (Lipinski definition) is 2. The number of aliphatic hydroxyl groups is 1. The van der Waals surface area contributed by atoms with Crippen LogP contribution >= 0.6 is 0 Å². The van der Waals surface area contributed by atoms with Gasteiger partial charge < -0.3 is 19.9 Å². The Bertz CT molecular complexity index is 613. The molecular weight excluding hydrogens is 290 g/mol. The molecule has 0 aliphatic rings. The van der Waals surface area contributed by atoms with Gasteiger partial charge >= 0.3 is 0 Å². The summed E-state index contributed by atoms with van der Waals surface area (Å²) in [5, 5.41) is 12.2. The summed E-state index contributed by atoms with van der Waals surface area (Å²) in [6, 6.07) is 14.2. The first-order valence-corrected chi connectivity index (χ1v) is 7.90. The van der Waals surface area contributed by atoms with E-state index in [9.17, 15) is 0 Å². The SMILES string of the molecule is COc1cccc(CNCCCO)c1OCc1cccc(C)c1. The molecule has 0 aliphatic heterocycles. The minimum absolute atomic E-state index is 0.196. The van der Waals surface area contributed by atoms with Gasteiger partial charge in [0.05, 0.1) is 7.11 Å². The molecule has 0 aromatic heterocycles. The minimum Gasteiger partial charge on any atom is -0.493 e. The van der Waals surface area contributed by atoms with Crippen LogP contribution in [0.3, 0.4) is 0 Å². The Kier molecular flexibility index (Phi) is 6.91. The molecule has 0 spiro atoms. The molecule has 2 aromatic rings. The van der Waals surface area contributed by atoms with Crippen molar-refractivity contribution >= 4 is 0 Å². The number of ether oxygens (including phenoxy) is 2. The summed E-state index contributed by atoms with van der Waals surface area (Å²) in [4.78, 5) is 0. The van der Waals surface area contributed by atoms with Gasteiger partial charge in [-0.05, 0) is 31.5 Å². The summed E-state index contributed by atoms with van der Waals surface area (Å²) in [6.07, 6.45) is 0.740. The van der Waals surface area contributed by atoms with Crippen molar-refractivity contribution in [1.29, 1.82) is 0 Å². The molecule has 2 N–H and O–H groups in total. The Morgan fingerprint density at radius 2 is 1.96 bits per heavy atom. The third-order valence-electron chi connectivity index (χ3n) is 3.57. The first kappa shape index (κ1) is 17.3. The molecule has 4 heteroatoms. The minimum atomic E-state index is 0.196. The Morgan fingerprint density at radius 1 is 1.13 bits per heavy atom. The Morgan fingerprint density at radius 3 is 2.70 bits per heavy atom. The van der Waals surface area contributed by atoms with Gasteiger partial charge in [0, 0.05) is 18.7 Å². The molecule has 124 valence electrons. The van der Waals surface area contributed by atoms with Crippen molar-refractivity contribution in [2.45, 2.75) is 26.5 Å². The van der Waals surface area contributed by atoms with Crippen LogP contribution in [0.5, 0.6) is 11.5 Å². The van der Waals surface area contributed by atoms with Crippen LogP contribution in [0.25, 0.3) is 0 Å². The summed E-state index contributed by atoms with van der Waals surface area (Å²) in [5.74, 6) is 1.51. The van der Waals surface area contributed by atoms with Gasteiger partial charge in [-0.25, -0.2) is 0 Å². The highest BCUT2D eigenvalue weighted by molar-refractivity contribution is 5.46. The highest BCUT2D eigenvalue weighted by Crippen LogP contribution is 2.31. The van der Waals surface area contributed by atoms with Crippen molar-refractivity contribution in [1.82, 2.24) is 5.32 Å². The predicted molar refractivity (Wildman–Crippen MR) is 91.9 cm³/mol. The van der Waals surface area contributed by atoms with Crippen molar-refractivity contribution in [3.63, 3.8) is 0 Å². The van der Waals surface area contributed by atoms with Gasteiger partial charge in [0.2, 0.25) is 0 Å². The molecule has 0 saturated carbocycles. The lowest BCUT2D eigenvalue weighted by Gasteiger charge is -2.16. The van der Waals surface area contributed by atoms with Crippen LogP contribution in [0.15, 0.2) is 42.5 Å². The second kappa shape index (κ2) is 9.18. The van der Waals surface area contributed by atoms with Crippen LogP contribution in [-0.4, -0.2) is 25.4 Å². The summed E-state index contributed by atoms with van der Waals surface area (Å²) < 4.78 is 11.5. The fourth-order valence-corrected chi connectivity index (χ4v) is 2.41. The van der Waals surface area contributed by atoms with Gasteiger partial charge in [-0.15, -0.1) is 0 Å². The largest absolute Gasteiger partial charge is 0.493 e. The zero-order valence-corrected chi connectivity index (χ0v) is 13.8. The Balaban J connectivity index is 2.08. The molecule has 0 aliphatic carbocycles. The summed E-state index contributed by atoms with van der Waals surface area (Å²) in [5.41, 5.74) is 3.40. The molecule has 2 aromatic carbocycles. The van der Waals surface area contributed by atoms with Crippen molar-refractivity contribution in [3.05, 3.63) is 59.2 Å². The standard InChI is InChI=1S/C19H25NO3/c1-15-6-3-7-16(12-15)14-23-19-17(13-20-10-5-11-21)8-4-9-18(19)22-2/h3-4,6-9,12,20-21H,5,10-11,13-14H2,1-2H3. The van der Waals surface area contributed by atoms with E-state index in [-0.39, 0.29) is 6.61 Å². The summed E-state index contributed by atoms with van der Waals surface area (Å²) >= 11 is 0. The van der Waals surface area contributed by atoms with Crippen molar-refractivity contribution < 1.29 is 14.6 Å². The van der Waals surface area contributed by atoms with E-state index in [4.69, 9.17) is 14.6 Å². The molecule has 0 atom stereocenters. The molecular formula is C19H25NO3. The molecule has 0 saturated heterocycles. The first-order valence-electron chi connectivity index (χ1n) is 7.90. The average molecular weight is 315 g/mol. The predicted octanol–water partition coefficient (Wildman–Crippen LogP) is 3.05. The van der Waals surface area contributed by atoms with Gasteiger partial charge in [-0.1, -0.05) is 42.0 Å². The number of aliphatic hydroxyl groups excluding tert-OH is 1. The number of methoxy groups -OCH3 is 1. The lowest BCUT2D eigenvalue weighted by atomic mass is 10.1. The van der Waals surface area contributed by atoms with E-state index in [1.807, 2.05) is 24.3 Å². The third kappa shape index (κ3) is 5.27. The highest BCUT2D eigenvalue weighted by Gasteiger charge is 2.10. The third-order valence-corrected chi connectivity index (χ3v) is 3.57. The number of rotatable bonds is 9. The number of para-hydroxylation sites is 1. The van der Waals surface area contributed by atoms with Gasteiger partial charge in [0.25, 0.3) is 0 Å². The fourth-order valence-electron chi connectivity index (χ4n) is 2.41. The van der Waals surface area contributed by atoms with E-state index >= 15 is 0 Å². The monoisotopic (exact) mass is 315 g/mol. The van der Waals surface area contributed by atoms with Crippen LogP contribution in [0, 0.1) is 6.92 Å². The summed E-state index contributed by atoms with van der Waals surface area (Å²) in [6.45, 7) is 4.22. The van der Waals surface area contributed by atoms with Gasteiger partial charge in [-0.3, -0.25) is 0 Å². The second-order valence-electron chi connectivity index (χ2n) is 5.48. The van der Waals surface area contributed by atoms with Crippen LogP contribution in [0.4, 0.5) is 0 Å². The molecule has 0 bridgehead atoms.